The van der Waals surface area contributed by atoms with Gasteiger partial charge in [0.1, 0.15) is 5.82 Å². The maximum absolute atomic E-state index is 13.0. The molecule has 3 rings (SSSR count). The third-order valence-corrected chi connectivity index (χ3v) is 5.10. The highest BCUT2D eigenvalue weighted by molar-refractivity contribution is 7.98. The highest BCUT2D eigenvalue weighted by Gasteiger charge is 2.12. The van der Waals surface area contributed by atoms with E-state index in [1.807, 2.05) is 24.3 Å². The second-order valence-electron chi connectivity index (χ2n) is 5.38. The standard InChI is InChI=1S/C18H18ClFN4S/c1-2-24-17(11-21-15-9-7-14(20)8-10-15)22-23-18(24)25-12-13-5-3-4-6-16(13)19/h3-10,21H,2,11-12H2,1H3. The molecule has 1 N–H and O–H groups in total. The summed E-state index contributed by atoms with van der Waals surface area (Å²) in [6.07, 6.45) is 0. The Bertz CT molecular complexity index is 835. The predicted octanol–water partition coefficient (Wildman–Crippen LogP) is 4.99. The van der Waals surface area contributed by atoms with Crippen LogP contribution in [0.3, 0.4) is 0 Å². The molecule has 3 aromatic rings. The maximum atomic E-state index is 13.0. The van der Waals surface area contributed by atoms with Gasteiger partial charge in [-0.1, -0.05) is 41.6 Å². The maximum Gasteiger partial charge on any atom is 0.191 e. The summed E-state index contributed by atoms with van der Waals surface area (Å²) in [5, 5.41) is 13.4. The largest absolute Gasteiger partial charge is 0.378 e. The number of benzene rings is 2. The molecule has 0 aliphatic carbocycles. The quantitative estimate of drug-likeness (QED) is 0.589. The first-order valence-electron chi connectivity index (χ1n) is 7.95. The van der Waals surface area contributed by atoms with Crippen molar-refractivity contribution in [3.05, 3.63) is 70.8 Å². The number of hydrogen-bond donors (Lipinski definition) is 1. The third kappa shape index (κ3) is 4.52. The second kappa shape index (κ2) is 8.36. The van der Waals surface area contributed by atoms with E-state index in [-0.39, 0.29) is 5.82 Å². The topological polar surface area (TPSA) is 42.7 Å². The fraction of sp³-hybridized carbons (Fsp3) is 0.222. The van der Waals surface area contributed by atoms with Crippen LogP contribution in [-0.2, 0) is 18.8 Å². The van der Waals surface area contributed by atoms with Crippen LogP contribution < -0.4 is 5.32 Å². The summed E-state index contributed by atoms with van der Waals surface area (Å²) in [7, 11) is 0. The van der Waals surface area contributed by atoms with E-state index >= 15 is 0 Å². The molecule has 0 spiro atoms. The van der Waals surface area contributed by atoms with Crippen LogP contribution in [0.2, 0.25) is 5.02 Å². The zero-order valence-electron chi connectivity index (χ0n) is 13.7. The molecule has 1 heterocycles. The number of anilines is 1. The number of nitrogens with zero attached hydrogens (tertiary/aromatic N) is 3. The molecule has 0 fully saturated rings. The molecule has 1 aromatic heterocycles. The van der Waals surface area contributed by atoms with Crippen molar-refractivity contribution in [1.29, 1.82) is 0 Å². The van der Waals surface area contributed by atoms with Gasteiger partial charge in [0.2, 0.25) is 0 Å². The molecule has 0 saturated heterocycles. The summed E-state index contributed by atoms with van der Waals surface area (Å²) in [6.45, 7) is 3.36. The lowest BCUT2D eigenvalue weighted by Crippen LogP contribution is -2.08. The van der Waals surface area contributed by atoms with E-state index in [9.17, 15) is 4.39 Å². The molecule has 2 aromatic carbocycles. The van der Waals surface area contributed by atoms with Gasteiger partial charge in [0.15, 0.2) is 11.0 Å². The Kier molecular flexibility index (Phi) is 5.94. The summed E-state index contributed by atoms with van der Waals surface area (Å²) < 4.78 is 15.0. The average molecular weight is 377 g/mol. The van der Waals surface area contributed by atoms with E-state index in [2.05, 4.69) is 27.0 Å². The van der Waals surface area contributed by atoms with Crippen molar-refractivity contribution in [2.75, 3.05) is 5.32 Å². The summed E-state index contributed by atoms with van der Waals surface area (Å²) >= 11 is 7.82. The van der Waals surface area contributed by atoms with Crippen molar-refractivity contribution in [2.24, 2.45) is 0 Å². The fourth-order valence-corrected chi connectivity index (χ4v) is 3.69. The Labute approximate surface area is 155 Å². The van der Waals surface area contributed by atoms with E-state index < -0.39 is 0 Å². The van der Waals surface area contributed by atoms with Crippen molar-refractivity contribution < 1.29 is 4.39 Å². The number of thioether (sulfide) groups is 1. The summed E-state index contributed by atoms with van der Waals surface area (Å²) in [4.78, 5) is 0. The van der Waals surface area contributed by atoms with Gasteiger partial charge in [0.25, 0.3) is 0 Å². The van der Waals surface area contributed by atoms with Crippen LogP contribution in [0.4, 0.5) is 10.1 Å². The average Bonchev–Trinajstić information content (AvgIpc) is 3.02. The van der Waals surface area contributed by atoms with Crippen molar-refractivity contribution in [3.8, 4) is 0 Å². The van der Waals surface area contributed by atoms with Crippen LogP contribution in [0.5, 0.6) is 0 Å². The Balaban J connectivity index is 1.66. The summed E-state index contributed by atoms with van der Waals surface area (Å²) in [5.74, 6) is 1.33. The highest BCUT2D eigenvalue weighted by atomic mass is 35.5. The first-order chi connectivity index (χ1) is 12.2. The Morgan fingerprint density at radius 3 is 2.60 bits per heavy atom. The minimum Gasteiger partial charge on any atom is -0.378 e. The third-order valence-electron chi connectivity index (χ3n) is 3.72. The second-order valence-corrected chi connectivity index (χ2v) is 6.73. The first kappa shape index (κ1) is 17.8. The monoisotopic (exact) mass is 376 g/mol. The zero-order valence-corrected chi connectivity index (χ0v) is 15.3. The molecule has 130 valence electrons. The number of aromatic nitrogens is 3. The number of halogens is 2. The first-order valence-corrected chi connectivity index (χ1v) is 9.31. The molecular weight excluding hydrogens is 359 g/mol. The minimum atomic E-state index is -0.250. The van der Waals surface area contributed by atoms with Crippen LogP contribution in [0.25, 0.3) is 0 Å². The molecule has 0 saturated carbocycles. The van der Waals surface area contributed by atoms with Gasteiger partial charge in [0, 0.05) is 23.0 Å². The van der Waals surface area contributed by atoms with Gasteiger partial charge in [-0.15, -0.1) is 10.2 Å². The van der Waals surface area contributed by atoms with Crippen molar-refractivity contribution in [3.63, 3.8) is 0 Å². The molecule has 0 aliphatic heterocycles. The molecule has 0 unspecified atom stereocenters. The molecule has 0 bridgehead atoms. The van der Waals surface area contributed by atoms with Crippen LogP contribution in [-0.4, -0.2) is 14.8 Å². The lowest BCUT2D eigenvalue weighted by molar-refractivity contribution is 0.628. The van der Waals surface area contributed by atoms with Crippen LogP contribution in [0, 0.1) is 5.82 Å². The molecule has 7 heteroatoms. The van der Waals surface area contributed by atoms with Gasteiger partial charge in [0.05, 0.1) is 6.54 Å². The van der Waals surface area contributed by atoms with Crippen LogP contribution >= 0.6 is 23.4 Å². The number of nitrogens with one attached hydrogen (secondary N) is 1. The van der Waals surface area contributed by atoms with Crippen molar-refractivity contribution in [1.82, 2.24) is 14.8 Å². The smallest absolute Gasteiger partial charge is 0.191 e. The number of rotatable bonds is 7. The normalized spacial score (nSPS) is 10.8. The Hall–Kier alpha value is -2.05. The SMILES string of the molecule is CCn1c(CNc2ccc(F)cc2)nnc1SCc1ccccc1Cl. The fourth-order valence-electron chi connectivity index (χ4n) is 2.38. The Morgan fingerprint density at radius 2 is 1.88 bits per heavy atom. The van der Waals surface area contributed by atoms with Gasteiger partial charge in [-0.25, -0.2) is 4.39 Å². The minimum absolute atomic E-state index is 0.250. The molecule has 25 heavy (non-hydrogen) atoms. The van der Waals surface area contributed by atoms with Crippen LogP contribution in [0.15, 0.2) is 53.7 Å². The molecule has 0 amide bonds. The summed E-state index contributed by atoms with van der Waals surface area (Å²) in [5.41, 5.74) is 1.92. The van der Waals surface area contributed by atoms with E-state index in [4.69, 9.17) is 11.6 Å². The van der Waals surface area contributed by atoms with Gasteiger partial charge in [-0.3, -0.25) is 0 Å². The van der Waals surface area contributed by atoms with Crippen molar-refractivity contribution in [2.45, 2.75) is 30.9 Å². The lowest BCUT2D eigenvalue weighted by atomic mass is 10.2. The van der Waals surface area contributed by atoms with E-state index in [1.54, 1.807) is 23.9 Å². The molecular formula is C18H18ClFN4S. The van der Waals surface area contributed by atoms with Gasteiger partial charge >= 0.3 is 0 Å². The Morgan fingerprint density at radius 1 is 1.12 bits per heavy atom. The molecule has 4 nitrogen and oxygen atoms in total. The lowest BCUT2D eigenvalue weighted by Gasteiger charge is -2.09. The van der Waals surface area contributed by atoms with Gasteiger partial charge < -0.3 is 9.88 Å². The predicted molar refractivity (Wildman–Crippen MR) is 100 cm³/mol. The molecule has 0 radical (unpaired) electrons. The zero-order chi connectivity index (χ0) is 17.6. The number of hydrogen-bond acceptors (Lipinski definition) is 4. The van der Waals surface area contributed by atoms with E-state index in [0.717, 1.165) is 39.6 Å². The summed E-state index contributed by atoms with van der Waals surface area (Å²) in [6, 6.07) is 14.1. The molecule has 0 aliphatic rings. The van der Waals surface area contributed by atoms with Crippen LogP contribution in [0.1, 0.15) is 18.3 Å². The van der Waals surface area contributed by atoms with E-state index in [1.165, 1.54) is 12.1 Å². The van der Waals surface area contributed by atoms with E-state index in [0.29, 0.717) is 6.54 Å². The highest BCUT2D eigenvalue weighted by Crippen LogP contribution is 2.26. The van der Waals surface area contributed by atoms with Crippen molar-refractivity contribution >= 4 is 29.1 Å². The molecule has 0 atom stereocenters. The van der Waals surface area contributed by atoms with Gasteiger partial charge in [-0.2, -0.15) is 0 Å². The van der Waals surface area contributed by atoms with Gasteiger partial charge in [-0.05, 0) is 42.8 Å².